The van der Waals surface area contributed by atoms with Crippen LogP contribution in [0.3, 0.4) is 0 Å². The van der Waals surface area contributed by atoms with Crippen LogP contribution in [0.5, 0.6) is 0 Å². The first-order chi connectivity index (χ1) is 3.41. The topological polar surface area (TPSA) is 0 Å². The van der Waals surface area contributed by atoms with Crippen molar-refractivity contribution >= 4 is 46.4 Å². The van der Waals surface area contributed by atoms with Crippen LogP contribution >= 0.6 is 25.3 Å². The Labute approximate surface area is 68.5 Å². The Morgan fingerprint density at radius 1 is 0.857 bits per heavy atom. The maximum atomic E-state index is 3.53. The van der Waals surface area contributed by atoms with Crippen molar-refractivity contribution in [2.24, 2.45) is 0 Å². The fourth-order valence-electron chi connectivity index (χ4n) is 0. The first-order valence-corrected chi connectivity index (χ1v) is 9.39. The molecule has 0 aliphatic rings. The van der Waals surface area contributed by atoms with E-state index in [2.05, 4.69) is 35.1 Å². The molecular weight excluding hydrogens is 231 g/mol. The molecule has 0 aliphatic heterocycles. The fourth-order valence-corrected chi connectivity index (χ4v) is 0. The molecule has 7 heavy (non-hydrogen) atoms. The van der Waals surface area contributed by atoms with E-state index < -0.39 is 0 Å². The van der Waals surface area contributed by atoms with Crippen LogP contribution in [0.15, 0.2) is 0 Å². The number of hydrogen-bond donors (Lipinski definition) is 2. The fraction of sp³-hybridized carbons (Fsp3) is 1.00. The molecule has 2 radical (unpaired) electrons. The van der Waals surface area contributed by atoms with E-state index in [0.717, 1.165) is 0 Å². The molecule has 0 bridgehead atoms. The molecule has 0 unspecified atom stereocenters. The van der Waals surface area contributed by atoms with Gasteiger partial charge in [0.2, 0.25) is 0 Å². The first-order valence-electron chi connectivity index (χ1n) is 1.89. The zero-order valence-electron chi connectivity index (χ0n) is 5.39. The molecule has 0 aromatic heterocycles. The van der Waals surface area contributed by atoms with Gasteiger partial charge in [-0.3, -0.25) is 0 Å². The van der Waals surface area contributed by atoms with Crippen LogP contribution in [0.4, 0.5) is 0 Å². The third-order valence-corrected chi connectivity index (χ3v) is 0. The number of rotatable bonds is 0. The number of hydrogen-bond acceptors (Lipinski definition) is 2. The Morgan fingerprint density at radius 2 is 0.857 bits per heavy atom. The van der Waals surface area contributed by atoms with Gasteiger partial charge in [0, 0.05) is 0 Å². The van der Waals surface area contributed by atoms with Crippen LogP contribution in [0, 0.1) is 0 Å². The molecule has 0 rings (SSSR count). The molecule has 0 saturated heterocycles. The maximum absolute atomic E-state index is 3.53. The van der Waals surface area contributed by atoms with Gasteiger partial charge in [-0.1, -0.05) is 0 Å². The third-order valence-electron chi connectivity index (χ3n) is 0. The minimum absolute atomic E-state index is 0.230. The second-order valence-electron chi connectivity index (χ2n) is 0.500. The van der Waals surface area contributed by atoms with Gasteiger partial charge < -0.3 is 0 Å². The predicted molar refractivity (Wildman–Crippen MR) is 47.3 cm³/mol. The van der Waals surface area contributed by atoms with Gasteiger partial charge in [0.1, 0.15) is 0 Å². The average molecular weight is 245 g/mol. The van der Waals surface area contributed by atoms with Crippen molar-refractivity contribution in [3.63, 3.8) is 0 Å². The van der Waals surface area contributed by atoms with Gasteiger partial charge in [-0.2, -0.15) is 25.3 Å². The second kappa shape index (κ2) is 50.7. The Balaban J connectivity index is -0.0000000360. The summed E-state index contributed by atoms with van der Waals surface area (Å²) in [6.45, 7) is 0. The Morgan fingerprint density at radius 3 is 0.857 bits per heavy atom. The predicted octanol–water partition coefficient (Wildman–Crippen LogP) is 1.88. The van der Waals surface area contributed by atoms with Gasteiger partial charge in [-0.25, -0.2) is 0 Å². The van der Waals surface area contributed by atoms with Crippen molar-refractivity contribution in [2.45, 2.75) is 9.88 Å². The summed E-state index contributed by atoms with van der Waals surface area (Å²) in [5.74, 6) is 0. The Bertz CT molecular complexity index is 9.65. The summed E-state index contributed by atoms with van der Waals surface area (Å²) in [7, 11) is 0. The SMILES string of the molecule is CS.CS.[CH3][Sn][CH3]. The van der Waals surface area contributed by atoms with E-state index in [9.17, 15) is 0 Å². The molecule has 0 saturated carbocycles. The minimum atomic E-state index is 0.230. The molecule has 3 heteroatoms. The summed E-state index contributed by atoms with van der Waals surface area (Å²) in [6.07, 6.45) is 3.39. The van der Waals surface area contributed by atoms with Crippen LogP contribution < -0.4 is 0 Å². The molecule has 0 fully saturated rings. The normalized spacial score (nSPS) is 4.29. The summed E-state index contributed by atoms with van der Waals surface area (Å²) in [4.78, 5) is 4.59. The molecule has 0 aromatic carbocycles. The monoisotopic (exact) mass is 246 g/mol. The van der Waals surface area contributed by atoms with Crippen LogP contribution in [-0.4, -0.2) is 33.7 Å². The molecule has 46 valence electrons. The van der Waals surface area contributed by atoms with Gasteiger partial charge in [-0.05, 0) is 12.5 Å². The quantitative estimate of drug-likeness (QED) is 0.472. The number of thiol groups is 2. The van der Waals surface area contributed by atoms with Crippen molar-refractivity contribution < 1.29 is 0 Å². The van der Waals surface area contributed by atoms with Gasteiger partial charge in [-0.15, -0.1) is 0 Å². The zero-order valence-corrected chi connectivity index (χ0v) is 10.0. The Hall–Kier alpha value is 1.50. The van der Waals surface area contributed by atoms with Crippen molar-refractivity contribution in [3.05, 3.63) is 0 Å². The molecule has 0 N–H and O–H groups in total. The van der Waals surface area contributed by atoms with E-state index in [1.165, 1.54) is 0 Å². The van der Waals surface area contributed by atoms with E-state index in [-0.39, 0.29) is 21.1 Å². The molecular formula is C4H14S2Sn. The summed E-state index contributed by atoms with van der Waals surface area (Å²) in [5, 5.41) is 0. The average Bonchev–Trinajstić information content (AvgIpc) is 1.78. The van der Waals surface area contributed by atoms with E-state index in [4.69, 9.17) is 0 Å². The van der Waals surface area contributed by atoms with E-state index >= 15 is 0 Å². The van der Waals surface area contributed by atoms with Gasteiger partial charge in [0.15, 0.2) is 0 Å². The molecule has 0 spiro atoms. The van der Waals surface area contributed by atoms with Crippen LogP contribution in [0.25, 0.3) is 0 Å². The van der Waals surface area contributed by atoms with Crippen molar-refractivity contribution in [1.29, 1.82) is 0 Å². The van der Waals surface area contributed by atoms with Crippen LogP contribution in [0.2, 0.25) is 9.88 Å². The molecule has 0 nitrogen and oxygen atoms in total. The van der Waals surface area contributed by atoms with E-state index in [0.29, 0.717) is 0 Å². The summed E-state index contributed by atoms with van der Waals surface area (Å²) in [6, 6.07) is 0. The first kappa shape index (κ1) is 15.8. The summed E-state index contributed by atoms with van der Waals surface area (Å²) >= 11 is 7.29. The second-order valence-corrected chi connectivity index (χ2v) is 3.35. The van der Waals surface area contributed by atoms with Crippen molar-refractivity contribution in [2.75, 3.05) is 12.5 Å². The molecule has 0 aliphatic carbocycles. The Kier molecular flexibility index (Phi) is 115. The van der Waals surface area contributed by atoms with Crippen LogP contribution in [-0.2, 0) is 0 Å². The zero-order chi connectivity index (χ0) is 6.71. The van der Waals surface area contributed by atoms with Crippen molar-refractivity contribution in [3.8, 4) is 0 Å². The van der Waals surface area contributed by atoms with Crippen molar-refractivity contribution in [1.82, 2.24) is 0 Å². The molecule has 0 heterocycles. The third kappa shape index (κ3) is 101. The van der Waals surface area contributed by atoms with Gasteiger partial charge in [0.25, 0.3) is 0 Å². The van der Waals surface area contributed by atoms with Gasteiger partial charge in [0.05, 0.1) is 0 Å². The van der Waals surface area contributed by atoms with E-state index in [1.807, 2.05) is 0 Å². The molecule has 0 amide bonds. The molecule has 0 aromatic rings. The summed E-state index contributed by atoms with van der Waals surface area (Å²) < 4.78 is 0. The summed E-state index contributed by atoms with van der Waals surface area (Å²) in [5.41, 5.74) is 0. The molecule has 0 atom stereocenters. The standard InChI is InChI=1S/2CH4S.2CH3.Sn/c2*1-2;;;/h2*2H,1H3;2*1H3;. The van der Waals surface area contributed by atoms with E-state index in [1.54, 1.807) is 12.5 Å². The van der Waals surface area contributed by atoms with Crippen LogP contribution in [0.1, 0.15) is 0 Å². The van der Waals surface area contributed by atoms with Gasteiger partial charge >= 0.3 is 31.0 Å².